The minimum atomic E-state index is -0.0356. The van der Waals surface area contributed by atoms with Crippen molar-refractivity contribution in [1.29, 1.82) is 0 Å². The summed E-state index contributed by atoms with van der Waals surface area (Å²) in [4.78, 5) is 0. The van der Waals surface area contributed by atoms with Crippen molar-refractivity contribution in [3.05, 3.63) is 22.2 Å². The van der Waals surface area contributed by atoms with Crippen LogP contribution in [-0.2, 0) is 0 Å². The van der Waals surface area contributed by atoms with Gasteiger partial charge in [0, 0.05) is 6.04 Å². The average Bonchev–Trinajstić information content (AvgIpc) is 2.24. The molecule has 3 nitrogen and oxygen atoms in total. The molecule has 0 aromatic heterocycles. The predicted molar refractivity (Wildman–Crippen MR) is 76.3 cm³/mol. The molecule has 0 unspecified atom stereocenters. The Morgan fingerprint density at radius 1 is 1.18 bits per heavy atom. The third-order valence-corrected chi connectivity index (χ3v) is 2.94. The number of nitrogens with two attached hydrogens (primary N) is 1. The topological polar surface area (TPSA) is 44.5 Å². The fourth-order valence-electron chi connectivity index (χ4n) is 1.38. The van der Waals surface area contributed by atoms with Crippen LogP contribution < -0.4 is 15.2 Å². The first-order valence-corrected chi connectivity index (χ1v) is 6.24. The average molecular weight is 325 g/mol. The lowest BCUT2D eigenvalue weighted by Crippen LogP contribution is -2.07. The minimum Gasteiger partial charge on any atom is -0.493 e. The summed E-state index contributed by atoms with van der Waals surface area (Å²) in [6.07, 6.45) is 0. The molecule has 1 aromatic rings. The van der Waals surface area contributed by atoms with Gasteiger partial charge < -0.3 is 15.2 Å². The monoisotopic (exact) mass is 323 g/mol. The molecule has 0 fully saturated rings. The molecule has 0 radical (unpaired) electrons. The van der Waals surface area contributed by atoms with Gasteiger partial charge in [-0.2, -0.15) is 0 Å². The summed E-state index contributed by atoms with van der Waals surface area (Å²) in [6.45, 7) is 7.07. The molecule has 1 atom stereocenters. The van der Waals surface area contributed by atoms with Gasteiger partial charge in [0.25, 0.3) is 0 Å². The summed E-state index contributed by atoms with van der Waals surface area (Å²) in [5.74, 6) is 1.56. The predicted octanol–water partition coefficient (Wildman–Crippen LogP) is 3.69. The summed E-state index contributed by atoms with van der Waals surface area (Å²) in [7, 11) is 0. The van der Waals surface area contributed by atoms with Crippen molar-refractivity contribution in [3.8, 4) is 11.5 Å². The Bertz CT molecular complexity index is 331. The highest BCUT2D eigenvalue weighted by molar-refractivity contribution is 9.10. The molecule has 0 saturated carbocycles. The van der Waals surface area contributed by atoms with E-state index in [0.717, 1.165) is 21.5 Å². The molecular weight excluding hydrogens is 305 g/mol. The standard InChI is InChI=1S/C12H18BrNO2.ClH/c1-4-15-10-6-9(8(3)14)7-11(12(10)13)16-5-2;/h6-8H,4-5,14H2,1-3H3;1H/t8-;/m1./s1. The number of ether oxygens (including phenoxy) is 2. The van der Waals surface area contributed by atoms with E-state index in [1.54, 1.807) is 0 Å². The highest BCUT2D eigenvalue weighted by Gasteiger charge is 2.12. The van der Waals surface area contributed by atoms with Crippen LogP contribution in [0.2, 0.25) is 0 Å². The molecule has 1 aromatic carbocycles. The van der Waals surface area contributed by atoms with Crippen molar-refractivity contribution < 1.29 is 9.47 Å². The highest BCUT2D eigenvalue weighted by atomic mass is 79.9. The van der Waals surface area contributed by atoms with E-state index in [0.29, 0.717) is 13.2 Å². The van der Waals surface area contributed by atoms with Gasteiger partial charge in [0.1, 0.15) is 16.0 Å². The van der Waals surface area contributed by atoms with Crippen molar-refractivity contribution in [2.75, 3.05) is 13.2 Å². The Kier molecular flexibility index (Phi) is 7.59. The summed E-state index contributed by atoms with van der Waals surface area (Å²) in [5.41, 5.74) is 6.88. The molecule has 0 spiro atoms. The number of hydrogen-bond donors (Lipinski definition) is 1. The molecule has 0 saturated heterocycles. The normalized spacial score (nSPS) is 11.6. The fourth-order valence-corrected chi connectivity index (χ4v) is 1.83. The first kappa shape index (κ1) is 16.6. The Balaban J connectivity index is 0.00000256. The molecule has 2 N–H and O–H groups in total. The highest BCUT2D eigenvalue weighted by Crippen LogP contribution is 2.37. The maximum Gasteiger partial charge on any atom is 0.137 e. The first-order chi connectivity index (χ1) is 7.60. The number of hydrogen-bond acceptors (Lipinski definition) is 3. The largest absolute Gasteiger partial charge is 0.493 e. The van der Waals surface area contributed by atoms with E-state index in [9.17, 15) is 0 Å². The van der Waals surface area contributed by atoms with Crippen LogP contribution in [0.15, 0.2) is 16.6 Å². The van der Waals surface area contributed by atoms with Gasteiger partial charge in [-0.3, -0.25) is 0 Å². The van der Waals surface area contributed by atoms with Crippen molar-refractivity contribution in [1.82, 2.24) is 0 Å². The Labute approximate surface area is 117 Å². The third-order valence-electron chi connectivity index (χ3n) is 2.15. The summed E-state index contributed by atoms with van der Waals surface area (Å²) < 4.78 is 11.9. The zero-order chi connectivity index (χ0) is 12.1. The molecule has 17 heavy (non-hydrogen) atoms. The van der Waals surface area contributed by atoms with E-state index >= 15 is 0 Å². The molecule has 98 valence electrons. The molecule has 0 bridgehead atoms. The lowest BCUT2D eigenvalue weighted by Gasteiger charge is -2.15. The van der Waals surface area contributed by atoms with Crippen molar-refractivity contribution in [2.24, 2.45) is 5.73 Å². The van der Waals surface area contributed by atoms with E-state index in [1.807, 2.05) is 32.9 Å². The van der Waals surface area contributed by atoms with Crippen LogP contribution in [0.25, 0.3) is 0 Å². The van der Waals surface area contributed by atoms with Gasteiger partial charge in [-0.15, -0.1) is 12.4 Å². The van der Waals surface area contributed by atoms with Crippen LogP contribution in [0, 0.1) is 0 Å². The maximum absolute atomic E-state index is 5.87. The van der Waals surface area contributed by atoms with E-state index < -0.39 is 0 Å². The number of benzene rings is 1. The van der Waals surface area contributed by atoms with E-state index in [2.05, 4.69) is 15.9 Å². The summed E-state index contributed by atoms with van der Waals surface area (Å²) in [6, 6.07) is 3.85. The van der Waals surface area contributed by atoms with Gasteiger partial charge in [0.2, 0.25) is 0 Å². The van der Waals surface area contributed by atoms with Crippen LogP contribution in [0.4, 0.5) is 0 Å². The van der Waals surface area contributed by atoms with E-state index in [-0.39, 0.29) is 18.4 Å². The van der Waals surface area contributed by atoms with Crippen LogP contribution in [0.3, 0.4) is 0 Å². The molecule has 0 heterocycles. The fraction of sp³-hybridized carbons (Fsp3) is 0.500. The summed E-state index contributed by atoms with van der Waals surface area (Å²) >= 11 is 3.48. The quantitative estimate of drug-likeness (QED) is 0.898. The molecule has 0 aliphatic rings. The lowest BCUT2D eigenvalue weighted by molar-refractivity contribution is 0.318. The second-order valence-electron chi connectivity index (χ2n) is 3.49. The third kappa shape index (κ3) is 4.37. The smallest absolute Gasteiger partial charge is 0.137 e. The first-order valence-electron chi connectivity index (χ1n) is 5.44. The van der Waals surface area contributed by atoms with Gasteiger partial charge in [0.05, 0.1) is 13.2 Å². The molecule has 0 aliphatic carbocycles. The molecular formula is C12H19BrClNO2. The van der Waals surface area contributed by atoms with Crippen LogP contribution in [-0.4, -0.2) is 13.2 Å². The SMILES string of the molecule is CCOc1cc([C@@H](C)N)cc(OCC)c1Br.Cl. The van der Waals surface area contributed by atoms with Gasteiger partial charge in [-0.1, -0.05) is 0 Å². The van der Waals surface area contributed by atoms with Gasteiger partial charge in [-0.05, 0) is 54.4 Å². The Hall–Kier alpha value is -0.450. The van der Waals surface area contributed by atoms with Crippen molar-refractivity contribution in [3.63, 3.8) is 0 Å². The minimum absolute atomic E-state index is 0. The molecule has 5 heteroatoms. The maximum atomic E-state index is 5.87. The van der Waals surface area contributed by atoms with Crippen LogP contribution in [0.5, 0.6) is 11.5 Å². The van der Waals surface area contributed by atoms with E-state index in [1.165, 1.54) is 0 Å². The molecule has 0 amide bonds. The van der Waals surface area contributed by atoms with Crippen molar-refractivity contribution in [2.45, 2.75) is 26.8 Å². The van der Waals surface area contributed by atoms with Gasteiger partial charge in [0.15, 0.2) is 0 Å². The second-order valence-corrected chi connectivity index (χ2v) is 4.28. The summed E-state index contributed by atoms with van der Waals surface area (Å²) in [5, 5.41) is 0. The molecule has 1 rings (SSSR count). The second kappa shape index (κ2) is 7.80. The van der Waals surface area contributed by atoms with E-state index in [4.69, 9.17) is 15.2 Å². The van der Waals surface area contributed by atoms with Crippen molar-refractivity contribution >= 4 is 28.3 Å². The van der Waals surface area contributed by atoms with Gasteiger partial charge >= 0.3 is 0 Å². The zero-order valence-corrected chi connectivity index (χ0v) is 12.7. The zero-order valence-electron chi connectivity index (χ0n) is 10.3. The number of halogens is 2. The number of rotatable bonds is 5. The van der Waals surface area contributed by atoms with Crippen LogP contribution in [0.1, 0.15) is 32.4 Å². The molecule has 0 aliphatic heterocycles. The Morgan fingerprint density at radius 3 is 1.88 bits per heavy atom. The van der Waals surface area contributed by atoms with Gasteiger partial charge in [-0.25, -0.2) is 0 Å². The Morgan fingerprint density at radius 2 is 1.59 bits per heavy atom. The lowest BCUT2D eigenvalue weighted by atomic mass is 10.1. The van der Waals surface area contributed by atoms with Crippen LogP contribution >= 0.6 is 28.3 Å².